The Morgan fingerprint density at radius 2 is 1.21 bits per heavy atom. The third kappa shape index (κ3) is 13.2. The molecule has 0 radical (unpaired) electrons. The Kier molecular flexibility index (Phi) is 20.4. The van der Waals surface area contributed by atoms with Gasteiger partial charge < -0.3 is 18.6 Å². The lowest BCUT2D eigenvalue weighted by Gasteiger charge is -2.44. The van der Waals surface area contributed by atoms with Gasteiger partial charge in [0.2, 0.25) is 0 Å². The van der Waals surface area contributed by atoms with Gasteiger partial charge in [0, 0.05) is 18.6 Å². The summed E-state index contributed by atoms with van der Waals surface area (Å²) >= 11 is 0. The monoisotopic (exact) mass is 1060 g/mol. The highest BCUT2D eigenvalue weighted by Gasteiger charge is 2.95. The molecule has 0 saturated heterocycles. The average molecular weight is 1060 g/mol. The first-order valence-electron chi connectivity index (χ1n) is 20.8. The van der Waals surface area contributed by atoms with Gasteiger partial charge >= 0.3 is 59.7 Å². The molecular formula is C43H48F19NO6Si. The fourth-order valence-electron chi connectivity index (χ4n) is 6.87. The first kappa shape index (κ1) is 61.4. The second kappa shape index (κ2) is 23.2. The van der Waals surface area contributed by atoms with E-state index in [4.69, 9.17) is 18.6 Å². The second-order valence-corrected chi connectivity index (χ2v) is 21.4. The quantitative estimate of drug-likeness (QED) is 0.0252. The van der Waals surface area contributed by atoms with Crippen LogP contribution in [0.2, 0.25) is 17.1 Å². The Balaban J connectivity index is 2.30. The zero-order valence-electron chi connectivity index (χ0n) is 37.7. The summed E-state index contributed by atoms with van der Waals surface area (Å²) in [5.74, 6) is -60.0. The van der Waals surface area contributed by atoms with Crippen LogP contribution in [0.1, 0.15) is 72.5 Å². The molecule has 0 spiro atoms. The number of amides is 1. The number of hydrogen-bond acceptors (Lipinski definition) is 6. The number of halogens is 19. The molecule has 0 aliphatic heterocycles. The van der Waals surface area contributed by atoms with Crippen molar-refractivity contribution in [3.05, 3.63) is 84.0 Å². The van der Waals surface area contributed by atoms with Gasteiger partial charge in [-0.1, -0.05) is 65.0 Å². The van der Waals surface area contributed by atoms with Crippen molar-refractivity contribution in [3.63, 3.8) is 0 Å². The number of alkyl halides is 17. The van der Waals surface area contributed by atoms with Crippen molar-refractivity contribution in [3.8, 4) is 5.75 Å². The van der Waals surface area contributed by atoms with Crippen molar-refractivity contribution in [2.24, 2.45) is 5.92 Å². The summed E-state index contributed by atoms with van der Waals surface area (Å²) in [4.78, 5) is 24.4. The van der Waals surface area contributed by atoms with Gasteiger partial charge in [0.05, 0.1) is 18.9 Å². The minimum absolute atomic E-state index is 0.0685. The van der Waals surface area contributed by atoms with Gasteiger partial charge in [-0.15, -0.1) is 0 Å². The highest BCUT2D eigenvalue weighted by Crippen LogP contribution is 2.64. The summed E-state index contributed by atoms with van der Waals surface area (Å²) in [5.41, 5.74) is -1.90. The maximum atomic E-state index is 15.0. The van der Waals surface area contributed by atoms with Crippen LogP contribution in [0.4, 0.5) is 93.9 Å². The number of nitrogens with one attached hydrogen (secondary N) is 1. The van der Waals surface area contributed by atoms with E-state index in [1.54, 1.807) is 26.0 Å². The molecule has 1 N–H and O–H groups in total. The molecule has 0 unspecified atom stereocenters. The summed E-state index contributed by atoms with van der Waals surface area (Å²) in [5, 5.41) is 2.17. The van der Waals surface area contributed by atoms with Crippen LogP contribution < -0.4 is 10.1 Å². The highest BCUT2D eigenvalue weighted by atomic mass is 28.4. The van der Waals surface area contributed by atoms with E-state index in [1.807, 2.05) is 0 Å². The van der Waals surface area contributed by atoms with Gasteiger partial charge in [0.1, 0.15) is 30.1 Å². The number of allylic oxidation sites excluding steroid dienone is 3. The van der Waals surface area contributed by atoms with Crippen molar-refractivity contribution in [2.75, 3.05) is 25.1 Å². The van der Waals surface area contributed by atoms with Crippen LogP contribution in [0.3, 0.4) is 0 Å². The molecular weight excluding hydrogens is 1020 g/mol. The number of hydrogen-bond donors (Lipinski definition) is 1. The van der Waals surface area contributed by atoms with E-state index in [0.717, 1.165) is 12.1 Å². The topological polar surface area (TPSA) is 83.1 Å². The molecule has 0 heterocycles. The molecule has 0 fully saturated rings. The molecule has 0 aromatic heterocycles. The van der Waals surface area contributed by atoms with E-state index < -0.39 is 134 Å². The lowest BCUT2D eigenvalue weighted by molar-refractivity contribution is -0.461. The predicted molar refractivity (Wildman–Crippen MR) is 216 cm³/mol. The first-order chi connectivity index (χ1) is 31.8. The van der Waals surface area contributed by atoms with Crippen LogP contribution >= 0.6 is 0 Å². The minimum atomic E-state index is -8.72. The smallest absolute Gasteiger partial charge is 0.460 e. The van der Waals surface area contributed by atoms with Crippen LogP contribution in [-0.2, 0) is 18.7 Å². The molecule has 2 aromatic carbocycles. The molecule has 0 bridgehead atoms. The average Bonchev–Trinajstić information content (AvgIpc) is 3.24. The van der Waals surface area contributed by atoms with Gasteiger partial charge in [-0.25, -0.2) is 18.4 Å². The molecule has 27 heteroatoms. The van der Waals surface area contributed by atoms with Crippen LogP contribution in [0.5, 0.6) is 5.75 Å². The Labute approximate surface area is 389 Å². The molecule has 1 amide bonds. The van der Waals surface area contributed by atoms with E-state index >= 15 is 8.78 Å². The number of anilines is 1. The number of benzene rings is 2. The zero-order valence-corrected chi connectivity index (χ0v) is 38.7. The van der Waals surface area contributed by atoms with E-state index in [2.05, 4.69) is 5.32 Å². The number of esters is 1. The van der Waals surface area contributed by atoms with Gasteiger partial charge in [0.15, 0.2) is 8.32 Å². The normalized spacial score (nSPS) is 15.0. The molecule has 2 aromatic rings. The van der Waals surface area contributed by atoms with E-state index in [9.17, 15) is 84.2 Å². The summed E-state index contributed by atoms with van der Waals surface area (Å²) in [6, 6.07) is 6.57. The summed E-state index contributed by atoms with van der Waals surface area (Å²) in [7, 11) is -4.05. The molecule has 0 saturated carbocycles. The predicted octanol–water partition coefficient (Wildman–Crippen LogP) is 14.9. The van der Waals surface area contributed by atoms with Crippen LogP contribution in [0, 0.1) is 17.6 Å². The van der Waals surface area contributed by atoms with Crippen molar-refractivity contribution >= 4 is 26.1 Å². The first-order valence-corrected chi connectivity index (χ1v) is 23.1. The zero-order chi connectivity index (χ0) is 54.1. The Bertz CT molecular complexity index is 2090. The molecule has 70 heavy (non-hydrogen) atoms. The third-order valence-corrected chi connectivity index (χ3v) is 16.7. The van der Waals surface area contributed by atoms with Crippen LogP contribution in [0.15, 0.2) is 66.8 Å². The van der Waals surface area contributed by atoms with E-state index in [0.29, 0.717) is 24.5 Å². The second-order valence-electron chi connectivity index (χ2n) is 16.3. The molecule has 7 nitrogen and oxygen atoms in total. The van der Waals surface area contributed by atoms with Gasteiger partial charge in [-0.3, -0.25) is 5.32 Å². The maximum Gasteiger partial charge on any atom is 0.460 e. The summed E-state index contributed by atoms with van der Waals surface area (Å²) < 4.78 is 286. The molecule has 398 valence electrons. The fourth-order valence-corrected chi connectivity index (χ4v) is 11.3. The highest BCUT2D eigenvalue weighted by molar-refractivity contribution is 6.76. The molecule has 0 aliphatic rings. The van der Waals surface area contributed by atoms with E-state index in [-0.39, 0.29) is 12.4 Å². The number of rotatable bonds is 26. The SMILES string of the molecule is CCOC(=O)/C=C/C=C/CC[C@@H](C)[C@@H](OC(=O)Nc1ccc(F)cc1F)c1ccc(OCCO[Si](CCC(F)(F)C(F)(F)C(F)(F)C(F)(F)C(F)(F)C(F)(F)C(F)(F)C(F)(F)F)(C(C)C)C(C)C)cc1. The Hall–Kier alpha value is -4.69. The number of carbonyl (C=O) groups excluding carboxylic acids is 2. The van der Waals surface area contributed by atoms with E-state index in [1.165, 1.54) is 64.1 Å². The van der Waals surface area contributed by atoms with Crippen molar-refractivity contribution in [1.29, 1.82) is 0 Å². The van der Waals surface area contributed by atoms with Crippen molar-refractivity contribution in [1.82, 2.24) is 0 Å². The Morgan fingerprint density at radius 3 is 1.71 bits per heavy atom. The molecule has 2 atom stereocenters. The van der Waals surface area contributed by atoms with Crippen molar-refractivity contribution in [2.45, 2.75) is 132 Å². The largest absolute Gasteiger partial charge is 0.491 e. The van der Waals surface area contributed by atoms with Crippen LogP contribution in [0.25, 0.3) is 0 Å². The standard InChI is InChI=1S/C43H48F19NO6Si/c1-7-66-33(64)13-11-9-8-10-12-27(6)34(69-35(65)63-32-19-16-29(44)24-31(32)45)28-14-17-30(18-15-28)67-21-22-68-70(25(2)3,26(4)5)23-20-36(46,47)37(48,49)38(50,51)39(52,53)40(54,55)41(56,57)42(58,59)43(60,61)62/h8-9,11,13-19,24-27,34H,7,10,12,20-23H2,1-6H3,(H,63,65)/b9-8+,13-11+/t27-,34-/m1/s1. The lowest BCUT2D eigenvalue weighted by Crippen LogP contribution is -2.74. The molecule has 2 rings (SSSR count). The van der Waals surface area contributed by atoms with Gasteiger partial charge in [0.25, 0.3) is 0 Å². The number of carbonyl (C=O) groups is 2. The Morgan fingerprint density at radius 1 is 0.686 bits per heavy atom. The number of ether oxygens (including phenoxy) is 3. The van der Waals surface area contributed by atoms with Crippen molar-refractivity contribution < 1.29 is 112 Å². The lowest BCUT2D eigenvalue weighted by atomic mass is 9.88. The maximum absolute atomic E-state index is 15.0. The molecule has 0 aliphatic carbocycles. The van der Waals surface area contributed by atoms with Gasteiger partial charge in [-0.05, 0) is 72.6 Å². The summed E-state index contributed by atoms with van der Waals surface area (Å²) in [6.07, 6.45) is -5.97. The summed E-state index contributed by atoms with van der Waals surface area (Å²) in [6.45, 7) is 7.64. The fraction of sp³-hybridized carbons (Fsp3) is 0.581. The van der Waals surface area contributed by atoms with Gasteiger partial charge in [-0.2, -0.15) is 74.6 Å². The minimum Gasteiger partial charge on any atom is -0.491 e. The van der Waals surface area contributed by atoms with Crippen LogP contribution in [-0.4, -0.2) is 87.8 Å². The third-order valence-electron chi connectivity index (χ3n) is 11.0.